The Balaban J connectivity index is 1.90. The summed E-state index contributed by atoms with van der Waals surface area (Å²) in [6.45, 7) is 9.48. The van der Waals surface area contributed by atoms with Crippen molar-refractivity contribution < 1.29 is 14.3 Å². The van der Waals surface area contributed by atoms with E-state index < -0.39 is 0 Å². The Labute approximate surface area is 204 Å². The number of carbonyl (C=O) groups excluding carboxylic acids is 1. The lowest BCUT2D eigenvalue weighted by atomic mass is 9.71. The summed E-state index contributed by atoms with van der Waals surface area (Å²) in [5.74, 6) is 7.49. The molecule has 5 nitrogen and oxygen atoms in total. The number of ether oxygens (including phenoxy) is 2. The molecule has 0 radical (unpaired) electrons. The minimum atomic E-state index is -0.296. The smallest absolute Gasteiger partial charge is 0.312 e. The molecule has 0 bridgehead atoms. The van der Waals surface area contributed by atoms with Crippen molar-refractivity contribution in [3.05, 3.63) is 46.6 Å². The summed E-state index contributed by atoms with van der Waals surface area (Å²) in [4.78, 5) is 11.7. The highest BCUT2D eigenvalue weighted by atomic mass is 16.5. The van der Waals surface area contributed by atoms with Gasteiger partial charge in [0.15, 0.2) is 0 Å². The summed E-state index contributed by atoms with van der Waals surface area (Å²) in [5, 5.41) is 8.16. The molecule has 1 aliphatic rings. The Morgan fingerprint density at radius 3 is 2.53 bits per heavy atom. The predicted octanol–water partition coefficient (Wildman–Crippen LogP) is 6.55. The summed E-state index contributed by atoms with van der Waals surface area (Å²) < 4.78 is 11.3. The first kappa shape index (κ1) is 25.7. The molecule has 182 valence electrons. The van der Waals surface area contributed by atoms with Gasteiger partial charge in [-0.15, -0.1) is 10.2 Å². The number of aryl methyl sites for hydroxylation is 1. The van der Waals surface area contributed by atoms with Crippen molar-refractivity contribution in [3.63, 3.8) is 0 Å². The molecule has 0 atom stereocenters. The second-order valence-corrected chi connectivity index (χ2v) is 9.13. The number of fused-ring (bicyclic) bond motifs is 1. The van der Waals surface area contributed by atoms with Crippen molar-refractivity contribution in [2.24, 2.45) is 0 Å². The lowest BCUT2D eigenvalue weighted by molar-refractivity contribution is -0.134. The largest absolute Gasteiger partial charge is 0.493 e. The monoisotopic (exact) mass is 462 g/mol. The van der Waals surface area contributed by atoms with Crippen LogP contribution in [0.25, 0.3) is 0 Å². The number of esters is 1. The van der Waals surface area contributed by atoms with Gasteiger partial charge in [-0.05, 0) is 68.2 Å². The molecule has 34 heavy (non-hydrogen) atoms. The Bertz CT molecular complexity index is 1010. The summed E-state index contributed by atoms with van der Waals surface area (Å²) in [5.41, 5.74) is 4.28. The first-order valence-corrected chi connectivity index (χ1v) is 12.9. The zero-order valence-corrected chi connectivity index (χ0v) is 21.2. The number of nitrogens with zero attached hydrogens (tertiary/aromatic N) is 2. The van der Waals surface area contributed by atoms with E-state index >= 15 is 0 Å². The van der Waals surface area contributed by atoms with Crippen LogP contribution in [0.2, 0.25) is 0 Å². The Morgan fingerprint density at radius 2 is 1.85 bits per heavy atom. The van der Waals surface area contributed by atoms with Crippen LogP contribution in [0.3, 0.4) is 0 Å². The van der Waals surface area contributed by atoms with Crippen molar-refractivity contribution in [3.8, 4) is 23.5 Å². The molecule has 2 aromatic rings. The maximum absolute atomic E-state index is 11.7. The van der Waals surface area contributed by atoms with Crippen molar-refractivity contribution in [1.82, 2.24) is 10.2 Å². The van der Waals surface area contributed by atoms with E-state index in [9.17, 15) is 4.79 Å². The lowest BCUT2D eigenvalue weighted by Gasteiger charge is -2.38. The molecule has 5 heteroatoms. The summed E-state index contributed by atoms with van der Waals surface area (Å²) >= 11 is 0. The lowest BCUT2D eigenvalue weighted by Crippen LogP contribution is -2.32. The minimum Gasteiger partial charge on any atom is -0.493 e. The molecule has 0 saturated carbocycles. The molecule has 0 spiro atoms. The fourth-order valence-electron chi connectivity index (χ4n) is 4.64. The molecule has 0 amide bonds. The highest BCUT2D eigenvalue weighted by Crippen LogP contribution is 2.44. The van der Waals surface area contributed by atoms with E-state index in [1.807, 2.05) is 6.92 Å². The summed E-state index contributed by atoms with van der Waals surface area (Å²) in [6.07, 6.45) is 10.1. The molecule has 3 rings (SSSR count). The van der Waals surface area contributed by atoms with E-state index in [0.29, 0.717) is 12.1 Å². The van der Waals surface area contributed by atoms with E-state index in [4.69, 9.17) is 9.47 Å². The first-order valence-electron chi connectivity index (χ1n) is 12.9. The highest BCUT2D eigenvalue weighted by Gasteiger charge is 2.35. The molecule has 1 aromatic carbocycles. The number of hydrogen-bond donors (Lipinski definition) is 0. The molecule has 2 heterocycles. The van der Waals surface area contributed by atoms with Gasteiger partial charge in [-0.25, -0.2) is 0 Å². The predicted molar refractivity (Wildman–Crippen MR) is 135 cm³/mol. The van der Waals surface area contributed by atoms with Gasteiger partial charge in [-0.1, -0.05) is 52.9 Å². The van der Waals surface area contributed by atoms with Crippen LogP contribution >= 0.6 is 0 Å². The first-order chi connectivity index (χ1) is 16.5. The van der Waals surface area contributed by atoms with Gasteiger partial charge in [0.1, 0.15) is 11.4 Å². The molecule has 0 saturated heterocycles. The number of rotatable bonds is 10. The topological polar surface area (TPSA) is 61.3 Å². The molecule has 0 aliphatic carbocycles. The Morgan fingerprint density at radius 1 is 1.03 bits per heavy atom. The van der Waals surface area contributed by atoms with Crippen molar-refractivity contribution >= 4 is 5.97 Å². The van der Waals surface area contributed by atoms with Gasteiger partial charge in [0, 0.05) is 29.0 Å². The molecular formula is C29H38N2O3. The molecular weight excluding hydrogens is 424 g/mol. The van der Waals surface area contributed by atoms with Crippen LogP contribution in [0.1, 0.15) is 108 Å². The van der Waals surface area contributed by atoms with Crippen LogP contribution in [0, 0.1) is 11.8 Å². The van der Waals surface area contributed by atoms with E-state index in [0.717, 1.165) is 56.4 Å². The third kappa shape index (κ3) is 6.38. The number of hydrogen-bond acceptors (Lipinski definition) is 5. The van der Waals surface area contributed by atoms with Crippen LogP contribution in [0.5, 0.6) is 11.6 Å². The van der Waals surface area contributed by atoms with Crippen LogP contribution in [0.15, 0.2) is 24.3 Å². The third-order valence-electron chi connectivity index (χ3n) is 6.91. The molecule has 1 aromatic heterocycles. The minimum absolute atomic E-state index is 0.147. The second kappa shape index (κ2) is 12.6. The van der Waals surface area contributed by atoms with E-state index in [1.54, 1.807) is 12.1 Å². The van der Waals surface area contributed by atoms with Crippen molar-refractivity contribution in [2.45, 2.75) is 97.3 Å². The van der Waals surface area contributed by atoms with Gasteiger partial charge in [0.2, 0.25) is 5.88 Å². The van der Waals surface area contributed by atoms with Crippen LogP contribution in [-0.2, 0) is 16.6 Å². The SMILES string of the molecule is CCCCCCc1cc2c(cc1C#Cc1ccc(OC(=O)CCC)nn1)C(CC)(CC)CCO2. The number of unbranched alkanes of at least 4 members (excludes halogenated alkanes) is 3. The van der Waals surface area contributed by atoms with E-state index in [-0.39, 0.29) is 17.3 Å². The average molecular weight is 463 g/mol. The van der Waals surface area contributed by atoms with Gasteiger partial charge < -0.3 is 9.47 Å². The average Bonchev–Trinajstić information content (AvgIpc) is 2.86. The molecule has 0 fully saturated rings. The molecule has 1 aliphatic heterocycles. The number of benzene rings is 1. The van der Waals surface area contributed by atoms with Gasteiger partial charge in [0.25, 0.3) is 0 Å². The third-order valence-corrected chi connectivity index (χ3v) is 6.91. The zero-order valence-electron chi connectivity index (χ0n) is 21.2. The second-order valence-electron chi connectivity index (χ2n) is 9.13. The maximum Gasteiger partial charge on any atom is 0.312 e. The molecule has 0 unspecified atom stereocenters. The number of carbonyl (C=O) groups is 1. The number of aromatic nitrogens is 2. The maximum atomic E-state index is 11.7. The van der Waals surface area contributed by atoms with Gasteiger partial charge in [0.05, 0.1) is 6.61 Å². The fraction of sp³-hybridized carbons (Fsp3) is 0.552. The van der Waals surface area contributed by atoms with E-state index in [2.05, 4.69) is 54.9 Å². The van der Waals surface area contributed by atoms with Gasteiger partial charge >= 0.3 is 5.97 Å². The van der Waals surface area contributed by atoms with Crippen molar-refractivity contribution in [2.75, 3.05) is 6.61 Å². The van der Waals surface area contributed by atoms with Gasteiger partial charge in [-0.2, -0.15) is 0 Å². The van der Waals surface area contributed by atoms with Crippen LogP contribution < -0.4 is 9.47 Å². The highest BCUT2D eigenvalue weighted by molar-refractivity contribution is 5.71. The van der Waals surface area contributed by atoms with E-state index in [1.165, 1.54) is 30.4 Å². The normalized spacial score (nSPS) is 13.9. The summed E-state index contributed by atoms with van der Waals surface area (Å²) in [6, 6.07) is 7.89. The Kier molecular flexibility index (Phi) is 9.51. The quantitative estimate of drug-likeness (QED) is 0.228. The van der Waals surface area contributed by atoms with Gasteiger partial charge in [-0.3, -0.25) is 4.79 Å². The fourth-order valence-corrected chi connectivity index (χ4v) is 4.64. The zero-order chi connectivity index (χ0) is 24.4. The summed E-state index contributed by atoms with van der Waals surface area (Å²) in [7, 11) is 0. The van der Waals surface area contributed by atoms with Crippen LogP contribution in [-0.4, -0.2) is 22.8 Å². The molecule has 0 N–H and O–H groups in total. The Hall–Kier alpha value is -2.87. The standard InChI is InChI=1S/C29H38N2O3/c1-5-9-10-11-13-22-21-26-25(29(7-3,8-4)18-19-33-26)20-23(22)14-15-24-16-17-27(31-30-24)34-28(32)12-6-2/h16-17,20-21H,5-13,18-19H2,1-4H3. The van der Waals surface area contributed by atoms with Crippen molar-refractivity contribution in [1.29, 1.82) is 0 Å². The van der Waals surface area contributed by atoms with Crippen LogP contribution in [0.4, 0.5) is 0 Å².